The molecule has 1 rings (SSSR count). The molecule has 0 aliphatic heterocycles. The third-order valence-corrected chi connectivity index (χ3v) is 5.29. The number of carboxylic acids is 1. The molecule has 0 aliphatic rings. The van der Waals surface area contributed by atoms with Crippen LogP contribution in [0.1, 0.15) is 20.3 Å². The Morgan fingerprint density at radius 2 is 1.95 bits per heavy atom. The van der Waals surface area contributed by atoms with Crippen molar-refractivity contribution in [2.24, 2.45) is 5.41 Å². The predicted octanol–water partition coefficient (Wildman–Crippen LogP) is 2.77. The van der Waals surface area contributed by atoms with Crippen LogP contribution in [0.4, 0.5) is 0 Å². The van der Waals surface area contributed by atoms with Crippen molar-refractivity contribution in [2.75, 3.05) is 6.54 Å². The van der Waals surface area contributed by atoms with Gasteiger partial charge in [0.1, 0.15) is 0 Å². The summed E-state index contributed by atoms with van der Waals surface area (Å²) in [6.07, 6.45) is 0.298. The molecule has 0 aliphatic carbocycles. The predicted molar refractivity (Wildman–Crippen MR) is 77.7 cm³/mol. The summed E-state index contributed by atoms with van der Waals surface area (Å²) >= 11 is 11.5. The van der Waals surface area contributed by atoms with Crippen molar-refractivity contribution >= 4 is 39.2 Å². The summed E-state index contributed by atoms with van der Waals surface area (Å²) in [5, 5.41) is 9.47. The molecule has 5 nitrogen and oxygen atoms in total. The Morgan fingerprint density at radius 1 is 1.35 bits per heavy atom. The number of rotatable bonds is 6. The van der Waals surface area contributed by atoms with Gasteiger partial charge in [-0.1, -0.05) is 30.1 Å². The average Bonchev–Trinajstić information content (AvgIpc) is 2.38. The van der Waals surface area contributed by atoms with Gasteiger partial charge < -0.3 is 5.11 Å². The fraction of sp³-hybridized carbons (Fsp3) is 0.417. The molecule has 1 aromatic rings. The molecular weight excluding hydrogens is 325 g/mol. The lowest BCUT2D eigenvalue weighted by atomic mass is 9.88. The van der Waals surface area contributed by atoms with E-state index in [0.29, 0.717) is 6.42 Å². The molecule has 0 radical (unpaired) electrons. The van der Waals surface area contributed by atoms with Crippen LogP contribution in [0.2, 0.25) is 10.0 Å². The van der Waals surface area contributed by atoms with Gasteiger partial charge in [0.2, 0.25) is 10.0 Å². The fourth-order valence-electron chi connectivity index (χ4n) is 1.33. The number of halogens is 2. The van der Waals surface area contributed by atoms with E-state index in [1.807, 2.05) is 0 Å². The first-order valence-corrected chi connectivity index (χ1v) is 8.04. The summed E-state index contributed by atoms with van der Waals surface area (Å²) in [7, 11) is -3.83. The molecule has 0 saturated heterocycles. The SMILES string of the molecule is CCC(C)(CNS(=O)(=O)c1ccc(Cl)c(Cl)c1)C(=O)O. The lowest BCUT2D eigenvalue weighted by Crippen LogP contribution is -2.40. The minimum absolute atomic E-state index is 0.0595. The molecule has 0 aromatic heterocycles. The Bertz CT molecular complexity index is 618. The minimum Gasteiger partial charge on any atom is -0.481 e. The van der Waals surface area contributed by atoms with Crippen molar-refractivity contribution in [1.29, 1.82) is 0 Å². The van der Waals surface area contributed by atoms with E-state index in [9.17, 15) is 13.2 Å². The molecule has 1 aromatic carbocycles. The number of aliphatic carboxylic acids is 1. The Labute approximate surface area is 127 Å². The van der Waals surface area contributed by atoms with Crippen LogP contribution in [-0.2, 0) is 14.8 Å². The fourth-order valence-corrected chi connectivity index (χ4v) is 2.89. The van der Waals surface area contributed by atoms with Crippen molar-refractivity contribution in [3.05, 3.63) is 28.2 Å². The quantitative estimate of drug-likeness (QED) is 0.834. The van der Waals surface area contributed by atoms with E-state index in [1.165, 1.54) is 25.1 Å². The molecule has 8 heteroatoms. The highest BCUT2D eigenvalue weighted by atomic mass is 35.5. The van der Waals surface area contributed by atoms with E-state index in [-0.39, 0.29) is 21.5 Å². The van der Waals surface area contributed by atoms with Crippen LogP contribution in [0.15, 0.2) is 23.1 Å². The van der Waals surface area contributed by atoms with E-state index < -0.39 is 21.4 Å². The zero-order chi connectivity index (χ0) is 15.6. The normalized spacial score (nSPS) is 14.8. The van der Waals surface area contributed by atoms with Gasteiger partial charge in [-0.2, -0.15) is 0 Å². The van der Waals surface area contributed by atoms with Crippen LogP contribution in [0, 0.1) is 5.41 Å². The van der Waals surface area contributed by atoms with E-state index in [2.05, 4.69) is 4.72 Å². The van der Waals surface area contributed by atoms with Gasteiger partial charge in [0.25, 0.3) is 0 Å². The van der Waals surface area contributed by atoms with Gasteiger partial charge in [-0.05, 0) is 31.5 Å². The summed E-state index contributed by atoms with van der Waals surface area (Å²) in [5.41, 5.74) is -1.16. The Kier molecular flexibility index (Phi) is 5.43. The lowest BCUT2D eigenvalue weighted by molar-refractivity contribution is -0.147. The van der Waals surface area contributed by atoms with Crippen LogP contribution in [0.25, 0.3) is 0 Å². The molecule has 0 spiro atoms. The van der Waals surface area contributed by atoms with Gasteiger partial charge in [-0.15, -0.1) is 0 Å². The topological polar surface area (TPSA) is 83.5 Å². The number of carboxylic acid groups (broad SMARTS) is 1. The molecule has 20 heavy (non-hydrogen) atoms. The maximum Gasteiger partial charge on any atom is 0.310 e. The third kappa shape index (κ3) is 3.85. The van der Waals surface area contributed by atoms with Crippen LogP contribution < -0.4 is 4.72 Å². The number of hydrogen-bond acceptors (Lipinski definition) is 3. The molecule has 0 fully saturated rings. The van der Waals surface area contributed by atoms with Crippen LogP contribution >= 0.6 is 23.2 Å². The second-order valence-corrected chi connectivity index (χ2v) is 7.20. The third-order valence-electron chi connectivity index (χ3n) is 3.15. The first-order chi connectivity index (χ1) is 9.12. The molecule has 2 N–H and O–H groups in total. The van der Waals surface area contributed by atoms with Gasteiger partial charge in [0.05, 0.1) is 20.4 Å². The van der Waals surface area contributed by atoms with Crippen LogP contribution in [0.5, 0.6) is 0 Å². The van der Waals surface area contributed by atoms with Crippen LogP contribution in [0.3, 0.4) is 0 Å². The Balaban J connectivity index is 2.96. The minimum atomic E-state index is -3.83. The van der Waals surface area contributed by atoms with Crippen LogP contribution in [-0.4, -0.2) is 26.0 Å². The maximum atomic E-state index is 12.1. The summed E-state index contributed by atoms with van der Waals surface area (Å²) in [6.45, 7) is 2.95. The van der Waals surface area contributed by atoms with Crippen molar-refractivity contribution in [1.82, 2.24) is 4.72 Å². The van der Waals surface area contributed by atoms with E-state index >= 15 is 0 Å². The number of sulfonamides is 1. The monoisotopic (exact) mass is 339 g/mol. The first kappa shape index (κ1) is 17.2. The second-order valence-electron chi connectivity index (χ2n) is 4.62. The Hall–Kier alpha value is -0.820. The smallest absolute Gasteiger partial charge is 0.310 e. The molecule has 1 unspecified atom stereocenters. The van der Waals surface area contributed by atoms with Gasteiger partial charge >= 0.3 is 5.97 Å². The highest BCUT2D eigenvalue weighted by Crippen LogP contribution is 2.25. The molecule has 0 heterocycles. The number of nitrogens with one attached hydrogen (secondary N) is 1. The highest BCUT2D eigenvalue weighted by Gasteiger charge is 2.32. The van der Waals surface area contributed by atoms with Crippen molar-refractivity contribution in [3.63, 3.8) is 0 Å². The maximum absolute atomic E-state index is 12.1. The Morgan fingerprint density at radius 3 is 2.40 bits per heavy atom. The largest absolute Gasteiger partial charge is 0.481 e. The number of benzene rings is 1. The average molecular weight is 340 g/mol. The summed E-state index contributed by atoms with van der Waals surface area (Å²) < 4.78 is 26.4. The second kappa shape index (κ2) is 6.30. The van der Waals surface area contributed by atoms with E-state index in [1.54, 1.807) is 6.92 Å². The summed E-state index contributed by atoms with van der Waals surface area (Å²) in [6, 6.07) is 3.89. The lowest BCUT2D eigenvalue weighted by Gasteiger charge is -2.23. The molecule has 0 bridgehead atoms. The van der Waals surface area contributed by atoms with Gasteiger partial charge in [-0.3, -0.25) is 4.79 Å². The van der Waals surface area contributed by atoms with Crippen molar-refractivity contribution in [2.45, 2.75) is 25.2 Å². The number of hydrogen-bond donors (Lipinski definition) is 2. The van der Waals surface area contributed by atoms with E-state index in [4.69, 9.17) is 28.3 Å². The molecule has 112 valence electrons. The molecule has 0 amide bonds. The number of carbonyl (C=O) groups is 1. The van der Waals surface area contributed by atoms with Crippen molar-refractivity contribution < 1.29 is 18.3 Å². The first-order valence-electron chi connectivity index (χ1n) is 5.80. The standard InChI is InChI=1S/C12H15Cl2NO4S/c1-3-12(2,11(16)17)7-15-20(18,19)8-4-5-9(13)10(14)6-8/h4-6,15H,3,7H2,1-2H3,(H,16,17). The van der Waals surface area contributed by atoms with E-state index in [0.717, 1.165) is 0 Å². The zero-order valence-corrected chi connectivity index (χ0v) is 13.3. The molecular formula is C12H15Cl2NO4S. The van der Waals surface area contributed by atoms with Gasteiger partial charge in [0, 0.05) is 6.54 Å². The molecule has 0 saturated carbocycles. The zero-order valence-electron chi connectivity index (χ0n) is 11.0. The van der Waals surface area contributed by atoms with Crippen molar-refractivity contribution in [3.8, 4) is 0 Å². The highest BCUT2D eigenvalue weighted by molar-refractivity contribution is 7.89. The molecule has 1 atom stereocenters. The summed E-state index contributed by atoms with van der Waals surface area (Å²) in [5.74, 6) is -1.06. The summed E-state index contributed by atoms with van der Waals surface area (Å²) in [4.78, 5) is 11.1. The van der Waals surface area contributed by atoms with Gasteiger partial charge in [0.15, 0.2) is 0 Å². The van der Waals surface area contributed by atoms with Gasteiger partial charge in [-0.25, -0.2) is 13.1 Å².